The molecule has 0 heterocycles. The van der Waals surface area contributed by atoms with Gasteiger partial charge in [0, 0.05) is 31.6 Å². The predicted molar refractivity (Wildman–Crippen MR) is 80.0 cm³/mol. The van der Waals surface area contributed by atoms with E-state index in [2.05, 4.69) is 0 Å². The van der Waals surface area contributed by atoms with Crippen LogP contribution in [0.2, 0.25) is 0 Å². The standard InChI is InChI=1S/C17H24O5/c1-11-15-6-4-5-14(9-21-12(2)18)17(15,8-7-16(11)20)10-22-13(3)19/h14H,4-10H2,1-3H3/t14-,17-/m0/s1. The van der Waals surface area contributed by atoms with Gasteiger partial charge in [-0.25, -0.2) is 0 Å². The van der Waals surface area contributed by atoms with E-state index in [1.165, 1.54) is 13.8 Å². The van der Waals surface area contributed by atoms with Crippen molar-refractivity contribution in [1.29, 1.82) is 0 Å². The second-order valence-corrected chi connectivity index (χ2v) is 6.35. The lowest BCUT2D eigenvalue weighted by Crippen LogP contribution is -2.46. The number of rotatable bonds is 4. The number of carbonyl (C=O) groups is 3. The molecule has 0 bridgehead atoms. The minimum absolute atomic E-state index is 0.0996. The lowest BCUT2D eigenvalue weighted by molar-refractivity contribution is -0.151. The van der Waals surface area contributed by atoms with Crippen molar-refractivity contribution in [3.8, 4) is 0 Å². The summed E-state index contributed by atoms with van der Waals surface area (Å²) in [6.45, 7) is 5.25. The third kappa shape index (κ3) is 3.23. The molecule has 0 radical (unpaired) electrons. The molecule has 0 aliphatic heterocycles. The van der Waals surface area contributed by atoms with Gasteiger partial charge in [-0.1, -0.05) is 5.57 Å². The van der Waals surface area contributed by atoms with Crippen LogP contribution in [0.5, 0.6) is 0 Å². The third-order valence-corrected chi connectivity index (χ3v) is 5.05. The molecule has 0 spiro atoms. The van der Waals surface area contributed by atoms with E-state index < -0.39 is 0 Å². The van der Waals surface area contributed by atoms with E-state index in [-0.39, 0.29) is 35.7 Å². The van der Waals surface area contributed by atoms with E-state index in [1.807, 2.05) is 6.92 Å². The van der Waals surface area contributed by atoms with Gasteiger partial charge in [0.1, 0.15) is 6.61 Å². The van der Waals surface area contributed by atoms with Crippen LogP contribution in [0.25, 0.3) is 0 Å². The number of ketones is 1. The quantitative estimate of drug-likeness (QED) is 0.747. The predicted octanol–water partition coefficient (Wildman–Crippen LogP) is 2.58. The first kappa shape index (κ1) is 16.7. The molecule has 0 amide bonds. The molecule has 122 valence electrons. The highest BCUT2D eigenvalue weighted by molar-refractivity contribution is 5.96. The van der Waals surface area contributed by atoms with Gasteiger partial charge in [0.05, 0.1) is 6.61 Å². The van der Waals surface area contributed by atoms with Crippen molar-refractivity contribution in [2.45, 2.75) is 52.9 Å². The molecule has 1 fully saturated rings. The molecule has 5 nitrogen and oxygen atoms in total. The van der Waals surface area contributed by atoms with E-state index in [0.717, 1.165) is 30.4 Å². The summed E-state index contributed by atoms with van der Waals surface area (Å²) in [6.07, 6.45) is 3.87. The Kier molecular flexibility index (Phi) is 5.04. The molecule has 0 aromatic rings. The van der Waals surface area contributed by atoms with Gasteiger partial charge in [-0.3, -0.25) is 14.4 Å². The van der Waals surface area contributed by atoms with E-state index in [4.69, 9.17) is 9.47 Å². The fourth-order valence-corrected chi connectivity index (χ4v) is 3.87. The van der Waals surface area contributed by atoms with Crippen LogP contribution in [0.4, 0.5) is 0 Å². The maximum absolute atomic E-state index is 12.1. The van der Waals surface area contributed by atoms with Crippen LogP contribution < -0.4 is 0 Å². The second-order valence-electron chi connectivity index (χ2n) is 6.35. The topological polar surface area (TPSA) is 69.7 Å². The Morgan fingerprint density at radius 3 is 2.50 bits per heavy atom. The summed E-state index contributed by atoms with van der Waals surface area (Å²) < 4.78 is 10.6. The first-order valence-corrected chi connectivity index (χ1v) is 7.87. The zero-order valence-corrected chi connectivity index (χ0v) is 13.6. The van der Waals surface area contributed by atoms with Gasteiger partial charge >= 0.3 is 11.9 Å². The highest BCUT2D eigenvalue weighted by Gasteiger charge is 2.49. The Labute approximate surface area is 131 Å². The van der Waals surface area contributed by atoms with Gasteiger partial charge in [-0.05, 0) is 38.2 Å². The van der Waals surface area contributed by atoms with Crippen molar-refractivity contribution >= 4 is 17.7 Å². The molecular weight excluding hydrogens is 284 g/mol. The van der Waals surface area contributed by atoms with Crippen LogP contribution >= 0.6 is 0 Å². The van der Waals surface area contributed by atoms with Crippen molar-refractivity contribution in [3.63, 3.8) is 0 Å². The maximum atomic E-state index is 12.1. The highest BCUT2D eigenvalue weighted by Crippen LogP contribution is 2.52. The average molecular weight is 308 g/mol. The summed E-state index contributed by atoms with van der Waals surface area (Å²) in [5.74, 6) is -0.341. The van der Waals surface area contributed by atoms with Gasteiger partial charge in [0.2, 0.25) is 0 Å². The fraction of sp³-hybridized carbons (Fsp3) is 0.706. The smallest absolute Gasteiger partial charge is 0.302 e. The monoisotopic (exact) mass is 308 g/mol. The summed E-state index contributed by atoms with van der Waals surface area (Å²) >= 11 is 0. The molecule has 2 rings (SSSR count). The first-order chi connectivity index (χ1) is 10.4. The highest BCUT2D eigenvalue weighted by atomic mass is 16.5. The number of allylic oxidation sites excluding steroid dienone is 1. The van der Waals surface area contributed by atoms with Crippen molar-refractivity contribution in [2.75, 3.05) is 13.2 Å². The van der Waals surface area contributed by atoms with Crippen molar-refractivity contribution in [1.82, 2.24) is 0 Å². The van der Waals surface area contributed by atoms with Crippen LogP contribution in [-0.2, 0) is 23.9 Å². The number of carbonyl (C=O) groups excluding carboxylic acids is 3. The minimum Gasteiger partial charge on any atom is -0.466 e. The Bertz CT molecular complexity index is 519. The summed E-state index contributed by atoms with van der Waals surface area (Å²) in [6, 6.07) is 0. The molecule has 1 saturated carbocycles. The largest absolute Gasteiger partial charge is 0.466 e. The van der Waals surface area contributed by atoms with E-state index >= 15 is 0 Å². The molecule has 0 aromatic carbocycles. The Morgan fingerprint density at radius 2 is 1.86 bits per heavy atom. The number of hydrogen-bond acceptors (Lipinski definition) is 5. The van der Waals surface area contributed by atoms with E-state index in [0.29, 0.717) is 19.4 Å². The SMILES string of the molecule is CC(=O)OC[C@@H]1CCCC2=C(C)C(=O)CC[C@@]21COC(C)=O. The maximum Gasteiger partial charge on any atom is 0.302 e. The average Bonchev–Trinajstić information content (AvgIpc) is 2.47. The number of fused-ring (bicyclic) bond motifs is 1. The first-order valence-electron chi connectivity index (χ1n) is 7.87. The van der Waals surface area contributed by atoms with Crippen molar-refractivity contribution in [2.24, 2.45) is 11.3 Å². The number of hydrogen-bond donors (Lipinski definition) is 0. The normalized spacial score (nSPS) is 28.1. The third-order valence-electron chi connectivity index (χ3n) is 5.05. The summed E-state index contributed by atoms with van der Waals surface area (Å²) in [7, 11) is 0. The van der Waals surface area contributed by atoms with Crippen molar-refractivity contribution < 1.29 is 23.9 Å². The van der Waals surface area contributed by atoms with Crippen LogP contribution in [0.3, 0.4) is 0 Å². The fourth-order valence-electron chi connectivity index (χ4n) is 3.87. The zero-order chi connectivity index (χ0) is 16.3. The number of ether oxygens (including phenoxy) is 2. The molecule has 22 heavy (non-hydrogen) atoms. The number of Topliss-reactive ketones (excluding diaryl/α,β-unsaturated/α-hetero) is 1. The second kappa shape index (κ2) is 6.63. The minimum atomic E-state index is -0.350. The van der Waals surface area contributed by atoms with Crippen LogP contribution in [-0.4, -0.2) is 30.9 Å². The molecule has 2 aliphatic carbocycles. The van der Waals surface area contributed by atoms with Crippen LogP contribution in [0.15, 0.2) is 11.1 Å². The van der Waals surface area contributed by atoms with Gasteiger partial charge < -0.3 is 9.47 Å². The van der Waals surface area contributed by atoms with Gasteiger partial charge in [-0.15, -0.1) is 0 Å². The lowest BCUT2D eigenvalue weighted by atomic mass is 9.58. The zero-order valence-electron chi connectivity index (χ0n) is 13.6. The molecule has 2 aliphatic rings. The molecule has 0 N–H and O–H groups in total. The van der Waals surface area contributed by atoms with Crippen LogP contribution in [0, 0.1) is 11.3 Å². The van der Waals surface area contributed by atoms with Gasteiger partial charge in [-0.2, -0.15) is 0 Å². The molecular formula is C17H24O5. The summed E-state index contributed by atoms with van der Waals surface area (Å²) in [4.78, 5) is 34.5. The van der Waals surface area contributed by atoms with Gasteiger partial charge in [0.25, 0.3) is 0 Å². The molecule has 0 aromatic heterocycles. The number of esters is 2. The molecule has 0 saturated heterocycles. The summed E-state index contributed by atoms with van der Waals surface area (Å²) in [5, 5.41) is 0. The Balaban J connectivity index is 2.34. The molecule has 0 unspecified atom stereocenters. The van der Waals surface area contributed by atoms with Gasteiger partial charge in [0.15, 0.2) is 5.78 Å². The lowest BCUT2D eigenvalue weighted by Gasteiger charge is -2.48. The molecule has 2 atom stereocenters. The molecule has 5 heteroatoms. The van der Waals surface area contributed by atoms with Crippen molar-refractivity contribution in [3.05, 3.63) is 11.1 Å². The van der Waals surface area contributed by atoms with E-state index in [1.54, 1.807) is 0 Å². The van der Waals surface area contributed by atoms with E-state index in [9.17, 15) is 14.4 Å². The Hall–Kier alpha value is -1.65. The van der Waals surface area contributed by atoms with Crippen LogP contribution in [0.1, 0.15) is 52.9 Å². The Morgan fingerprint density at radius 1 is 1.18 bits per heavy atom. The summed E-state index contributed by atoms with van der Waals surface area (Å²) in [5.41, 5.74) is 1.57.